The minimum Gasteiger partial charge on any atom is -0.326 e. The van der Waals surface area contributed by atoms with Gasteiger partial charge in [-0.2, -0.15) is 0 Å². The van der Waals surface area contributed by atoms with Gasteiger partial charge in [0, 0.05) is 22.8 Å². The average Bonchev–Trinajstić information content (AvgIpc) is 2.68. The molecule has 1 saturated heterocycles. The van der Waals surface area contributed by atoms with Crippen molar-refractivity contribution in [3.05, 3.63) is 21.9 Å². The summed E-state index contributed by atoms with van der Waals surface area (Å²) in [7, 11) is 0. The predicted octanol–water partition coefficient (Wildman–Crippen LogP) is 3.22. The Kier molecular flexibility index (Phi) is 5.01. The standard InChI is InChI=1S/C14H24N2S/c1-2-12-4-3-8-16(9-7-12)11-14-6-5-13(10-15)17-14/h5-6,12H,2-4,7-11,15H2,1H3. The van der Waals surface area contributed by atoms with Crippen molar-refractivity contribution in [3.8, 4) is 0 Å². The number of nitrogens with zero attached hydrogens (tertiary/aromatic N) is 1. The van der Waals surface area contributed by atoms with E-state index in [2.05, 4.69) is 24.0 Å². The molecule has 0 radical (unpaired) electrons. The smallest absolute Gasteiger partial charge is 0.0328 e. The van der Waals surface area contributed by atoms with Gasteiger partial charge in [-0.1, -0.05) is 13.3 Å². The fourth-order valence-electron chi connectivity index (χ4n) is 2.63. The first kappa shape index (κ1) is 13.1. The van der Waals surface area contributed by atoms with E-state index in [9.17, 15) is 0 Å². The van der Waals surface area contributed by atoms with Crippen molar-refractivity contribution in [2.75, 3.05) is 13.1 Å². The van der Waals surface area contributed by atoms with Gasteiger partial charge in [0.05, 0.1) is 0 Å². The first-order valence-corrected chi connectivity index (χ1v) is 7.63. The van der Waals surface area contributed by atoms with E-state index in [-0.39, 0.29) is 0 Å². The number of thiophene rings is 1. The third-order valence-corrected chi connectivity index (χ3v) is 4.91. The first-order chi connectivity index (χ1) is 8.31. The van der Waals surface area contributed by atoms with Crippen LogP contribution >= 0.6 is 11.3 Å². The van der Waals surface area contributed by atoms with Crippen molar-refractivity contribution < 1.29 is 0 Å². The molecule has 1 aromatic heterocycles. The molecule has 2 nitrogen and oxygen atoms in total. The Morgan fingerprint density at radius 3 is 2.82 bits per heavy atom. The molecule has 0 bridgehead atoms. The number of nitrogens with two attached hydrogens (primary N) is 1. The van der Waals surface area contributed by atoms with Crippen molar-refractivity contribution in [1.82, 2.24) is 4.90 Å². The molecule has 3 heteroatoms. The quantitative estimate of drug-likeness (QED) is 0.891. The van der Waals surface area contributed by atoms with E-state index < -0.39 is 0 Å². The molecule has 2 heterocycles. The lowest BCUT2D eigenvalue weighted by Crippen LogP contribution is -2.23. The van der Waals surface area contributed by atoms with Crippen molar-refractivity contribution >= 4 is 11.3 Å². The fraction of sp³-hybridized carbons (Fsp3) is 0.714. The molecule has 0 saturated carbocycles. The van der Waals surface area contributed by atoms with Crippen LogP contribution < -0.4 is 5.73 Å². The molecule has 2 rings (SSSR count). The molecule has 1 unspecified atom stereocenters. The van der Waals surface area contributed by atoms with E-state index in [0.29, 0.717) is 6.54 Å². The van der Waals surface area contributed by atoms with Crippen LogP contribution in [0.1, 0.15) is 42.4 Å². The van der Waals surface area contributed by atoms with E-state index in [0.717, 1.165) is 12.5 Å². The Morgan fingerprint density at radius 2 is 2.12 bits per heavy atom. The highest BCUT2D eigenvalue weighted by atomic mass is 32.1. The monoisotopic (exact) mass is 252 g/mol. The lowest BCUT2D eigenvalue weighted by atomic mass is 9.98. The number of rotatable bonds is 4. The van der Waals surface area contributed by atoms with Crippen LogP contribution in [-0.4, -0.2) is 18.0 Å². The average molecular weight is 252 g/mol. The lowest BCUT2D eigenvalue weighted by Gasteiger charge is -2.19. The van der Waals surface area contributed by atoms with Crippen LogP contribution in [0.4, 0.5) is 0 Å². The third kappa shape index (κ3) is 3.80. The summed E-state index contributed by atoms with van der Waals surface area (Å²) < 4.78 is 0. The molecule has 1 aliphatic heterocycles. The number of hydrogen-bond donors (Lipinski definition) is 1. The summed E-state index contributed by atoms with van der Waals surface area (Å²) in [6.07, 6.45) is 5.52. The number of hydrogen-bond acceptors (Lipinski definition) is 3. The van der Waals surface area contributed by atoms with E-state index in [1.165, 1.54) is 48.5 Å². The summed E-state index contributed by atoms with van der Waals surface area (Å²) in [5, 5.41) is 0. The van der Waals surface area contributed by atoms with Crippen molar-refractivity contribution in [2.45, 2.75) is 45.7 Å². The van der Waals surface area contributed by atoms with Gasteiger partial charge in [0.25, 0.3) is 0 Å². The van der Waals surface area contributed by atoms with Crippen molar-refractivity contribution in [2.24, 2.45) is 11.7 Å². The second-order valence-electron chi connectivity index (χ2n) is 5.05. The van der Waals surface area contributed by atoms with Gasteiger partial charge in [-0.3, -0.25) is 4.90 Å². The summed E-state index contributed by atoms with van der Waals surface area (Å²) in [5.74, 6) is 0.961. The zero-order chi connectivity index (χ0) is 12.1. The molecule has 17 heavy (non-hydrogen) atoms. The molecule has 0 aliphatic carbocycles. The predicted molar refractivity (Wildman–Crippen MR) is 75.1 cm³/mol. The molecular weight excluding hydrogens is 228 g/mol. The Bertz CT molecular complexity index is 335. The maximum Gasteiger partial charge on any atom is 0.0328 e. The van der Waals surface area contributed by atoms with Crippen LogP contribution in [0.25, 0.3) is 0 Å². The topological polar surface area (TPSA) is 29.3 Å². The van der Waals surface area contributed by atoms with E-state index >= 15 is 0 Å². The maximum absolute atomic E-state index is 5.65. The van der Waals surface area contributed by atoms with Gasteiger partial charge in [0.1, 0.15) is 0 Å². The van der Waals surface area contributed by atoms with Gasteiger partial charge in [0.15, 0.2) is 0 Å². The largest absolute Gasteiger partial charge is 0.326 e. The summed E-state index contributed by atoms with van der Waals surface area (Å²) in [5.41, 5.74) is 5.65. The minimum atomic E-state index is 0.683. The Balaban J connectivity index is 1.86. The normalized spacial score (nSPS) is 22.6. The SMILES string of the molecule is CCC1CCCN(Cc2ccc(CN)s2)CC1. The van der Waals surface area contributed by atoms with Crippen LogP contribution in [-0.2, 0) is 13.1 Å². The molecule has 96 valence electrons. The van der Waals surface area contributed by atoms with Crippen molar-refractivity contribution in [1.29, 1.82) is 0 Å². The Morgan fingerprint density at radius 1 is 1.29 bits per heavy atom. The highest BCUT2D eigenvalue weighted by molar-refractivity contribution is 7.11. The molecular formula is C14H24N2S. The summed E-state index contributed by atoms with van der Waals surface area (Å²) in [6, 6.07) is 4.42. The highest BCUT2D eigenvalue weighted by Crippen LogP contribution is 2.23. The number of likely N-dealkylation sites (tertiary alicyclic amines) is 1. The minimum absolute atomic E-state index is 0.683. The third-order valence-electron chi connectivity index (χ3n) is 3.82. The zero-order valence-electron chi connectivity index (χ0n) is 10.8. The molecule has 1 fully saturated rings. The maximum atomic E-state index is 5.65. The molecule has 1 atom stereocenters. The van der Waals surface area contributed by atoms with Gasteiger partial charge in [0.2, 0.25) is 0 Å². The lowest BCUT2D eigenvalue weighted by molar-refractivity contribution is 0.274. The van der Waals surface area contributed by atoms with Gasteiger partial charge in [-0.25, -0.2) is 0 Å². The first-order valence-electron chi connectivity index (χ1n) is 6.81. The fourth-order valence-corrected chi connectivity index (χ4v) is 3.57. The molecule has 1 aliphatic rings. The highest BCUT2D eigenvalue weighted by Gasteiger charge is 2.16. The molecule has 0 spiro atoms. The molecule has 0 amide bonds. The van der Waals surface area contributed by atoms with Crippen LogP contribution in [0.3, 0.4) is 0 Å². The zero-order valence-corrected chi connectivity index (χ0v) is 11.6. The van der Waals surface area contributed by atoms with Gasteiger partial charge >= 0.3 is 0 Å². The van der Waals surface area contributed by atoms with Crippen LogP contribution in [0.15, 0.2) is 12.1 Å². The van der Waals surface area contributed by atoms with Crippen LogP contribution in [0.5, 0.6) is 0 Å². The Hall–Kier alpha value is -0.380. The van der Waals surface area contributed by atoms with Crippen molar-refractivity contribution in [3.63, 3.8) is 0 Å². The van der Waals surface area contributed by atoms with Gasteiger partial charge in [-0.15, -0.1) is 11.3 Å². The second-order valence-corrected chi connectivity index (χ2v) is 6.31. The molecule has 2 N–H and O–H groups in total. The summed E-state index contributed by atoms with van der Waals surface area (Å²) in [4.78, 5) is 5.39. The van der Waals surface area contributed by atoms with Gasteiger partial charge < -0.3 is 5.73 Å². The van der Waals surface area contributed by atoms with E-state index in [1.54, 1.807) is 0 Å². The van der Waals surface area contributed by atoms with Crippen LogP contribution in [0.2, 0.25) is 0 Å². The molecule has 1 aromatic rings. The second kappa shape index (κ2) is 6.53. The van der Waals surface area contributed by atoms with Gasteiger partial charge in [-0.05, 0) is 50.4 Å². The Labute approximate surface area is 109 Å². The summed E-state index contributed by atoms with van der Waals surface area (Å²) in [6.45, 7) is 6.68. The van der Waals surface area contributed by atoms with E-state index in [4.69, 9.17) is 5.73 Å². The van der Waals surface area contributed by atoms with Crippen LogP contribution in [0, 0.1) is 5.92 Å². The molecule has 0 aromatic carbocycles. The summed E-state index contributed by atoms with van der Waals surface area (Å²) >= 11 is 1.87. The van der Waals surface area contributed by atoms with E-state index in [1.807, 2.05) is 11.3 Å².